The van der Waals surface area contributed by atoms with Crippen LogP contribution in [0, 0.1) is 19.8 Å². The summed E-state index contributed by atoms with van der Waals surface area (Å²) in [6.07, 6.45) is 2.72. The molecule has 1 aromatic rings. The molecule has 2 unspecified atom stereocenters. The van der Waals surface area contributed by atoms with E-state index in [1.54, 1.807) is 17.7 Å². The molecule has 1 fully saturated rings. The highest BCUT2D eigenvalue weighted by molar-refractivity contribution is 5.89. The lowest BCUT2D eigenvalue weighted by atomic mass is 10.0. The van der Waals surface area contributed by atoms with Gasteiger partial charge in [0.25, 0.3) is 0 Å². The van der Waals surface area contributed by atoms with Crippen LogP contribution >= 0.6 is 0 Å². The number of esters is 2. The van der Waals surface area contributed by atoms with Gasteiger partial charge in [-0.1, -0.05) is 0 Å². The summed E-state index contributed by atoms with van der Waals surface area (Å²) in [7, 11) is 1.84. The molecule has 2 rings (SSSR count). The Balaban J connectivity index is 2.06. The van der Waals surface area contributed by atoms with Gasteiger partial charge in [-0.25, -0.2) is 9.59 Å². The molecule has 0 aromatic carbocycles. The number of nitrogens with zero attached hydrogens (tertiary/aromatic N) is 2. The minimum atomic E-state index is -0.930. The van der Waals surface area contributed by atoms with E-state index < -0.39 is 18.0 Å². The first-order chi connectivity index (χ1) is 11.4. The molecule has 24 heavy (non-hydrogen) atoms. The van der Waals surface area contributed by atoms with Gasteiger partial charge in [0.1, 0.15) is 0 Å². The van der Waals surface area contributed by atoms with E-state index in [9.17, 15) is 9.59 Å². The lowest BCUT2D eigenvalue weighted by Crippen LogP contribution is -2.36. The second-order valence-electron chi connectivity index (χ2n) is 5.77. The van der Waals surface area contributed by atoms with Crippen molar-refractivity contribution in [2.45, 2.75) is 33.3 Å². The molecule has 0 bridgehead atoms. The van der Waals surface area contributed by atoms with Crippen molar-refractivity contribution < 1.29 is 23.8 Å². The molecule has 1 saturated heterocycles. The molecule has 0 spiro atoms. The first-order valence-corrected chi connectivity index (χ1v) is 8.07. The van der Waals surface area contributed by atoms with E-state index >= 15 is 0 Å². The van der Waals surface area contributed by atoms with Crippen LogP contribution in [0.4, 0.5) is 0 Å². The predicted molar refractivity (Wildman–Crippen MR) is 87.2 cm³/mol. The number of ether oxygens (including phenoxy) is 3. The summed E-state index contributed by atoms with van der Waals surface area (Å²) in [5.74, 6) is -1.27. The molecule has 7 nitrogen and oxygen atoms in total. The second kappa shape index (κ2) is 8.10. The van der Waals surface area contributed by atoms with Gasteiger partial charge in [0.05, 0.1) is 18.9 Å². The molecule has 0 N–H and O–H groups in total. The van der Waals surface area contributed by atoms with Gasteiger partial charge in [0.15, 0.2) is 0 Å². The highest BCUT2D eigenvalue weighted by Crippen LogP contribution is 2.21. The van der Waals surface area contributed by atoms with Crippen molar-refractivity contribution in [3.63, 3.8) is 0 Å². The normalized spacial score (nSPS) is 18.8. The molecule has 2 heterocycles. The average molecular weight is 336 g/mol. The van der Waals surface area contributed by atoms with E-state index in [1.165, 1.54) is 6.08 Å². The van der Waals surface area contributed by atoms with Crippen molar-refractivity contribution >= 4 is 18.0 Å². The second-order valence-corrected chi connectivity index (χ2v) is 5.77. The van der Waals surface area contributed by atoms with Crippen LogP contribution in [-0.4, -0.2) is 47.6 Å². The van der Waals surface area contributed by atoms with Crippen LogP contribution in [0.2, 0.25) is 0 Å². The maximum Gasteiger partial charge on any atom is 0.347 e. The van der Waals surface area contributed by atoms with Gasteiger partial charge in [-0.3, -0.25) is 4.68 Å². The third-order valence-electron chi connectivity index (χ3n) is 4.11. The number of carbonyl (C=O) groups excluding carboxylic acids is 2. The Morgan fingerprint density at radius 2 is 2.21 bits per heavy atom. The third kappa shape index (κ3) is 4.23. The summed E-state index contributed by atoms with van der Waals surface area (Å²) in [5, 5.41) is 4.29. The van der Waals surface area contributed by atoms with E-state index in [0.29, 0.717) is 19.6 Å². The molecule has 0 radical (unpaired) electrons. The summed E-state index contributed by atoms with van der Waals surface area (Å²) in [6.45, 7) is 6.70. The quantitative estimate of drug-likeness (QED) is 0.579. The summed E-state index contributed by atoms with van der Waals surface area (Å²) in [4.78, 5) is 24.2. The van der Waals surface area contributed by atoms with Crippen LogP contribution < -0.4 is 0 Å². The fourth-order valence-corrected chi connectivity index (χ4v) is 2.70. The third-order valence-corrected chi connectivity index (χ3v) is 4.11. The van der Waals surface area contributed by atoms with E-state index in [2.05, 4.69) is 5.10 Å². The minimum absolute atomic E-state index is 0.164. The molecule has 0 amide bonds. The molecule has 2 atom stereocenters. The summed E-state index contributed by atoms with van der Waals surface area (Å²) < 4.78 is 17.4. The number of hydrogen-bond acceptors (Lipinski definition) is 6. The number of rotatable bonds is 6. The first-order valence-electron chi connectivity index (χ1n) is 8.07. The van der Waals surface area contributed by atoms with Gasteiger partial charge in [0.2, 0.25) is 6.10 Å². The maximum atomic E-state index is 12.1. The number of hydrogen-bond donors (Lipinski definition) is 0. The van der Waals surface area contributed by atoms with Crippen molar-refractivity contribution in [3.8, 4) is 0 Å². The molecule has 132 valence electrons. The molecule has 1 aliphatic heterocycles. The zero-order valence-corrected chi connectivity index (χ0v) is 14.6. The SMILES string of the molecule is CCOC(=O)C(OC(=O)/C=C/c1c(C)nn(C)c1C)C1CCOC1. The molecular weight excluding hydrogens is 312 g/mol. The topological polar surface area (TPSA) is 79.7 Å². The highest BCUT2D eigenvalue weighted by Gasteiger charge is 2.35. The first kappa shape index (κ1) is 18.2. The van der Waals surface area contributed by atoms with Crippen LogP contribution in [0.15, 0.2) is 6.08 Å². The van der Waals surface area contributed by atoms with Gasteiger partial charge in [-0.2, -0.15) is 5.10 Å². The van der Waals surface area contributed by atoms with Crippen LogP contribution in [-0.2, 0) is 30.8 Å². The Labute approximate surface area is 141 Å². The van der Waals surface area contributed by atoms with Crippen molar-refractivity contribution in [2.75, 3.05) is 19.8 Å². The zero-order chi connectivity index (χ0) is 17.7. The Kier molecular flexibility index (Phi) is 6.14. The molecule has 1 aliphatic rings. The molecule has 0 saturated carbocycles. The Morgan fingerprint density at radius 3 is 2.75 bits per heavy atom. The van der Waals surface area contributed by atoms with Gasteiger partial charge in [-0.05, 0) is 33.3 Å². The largest absolute Gasteiger partial charge is 0.463 e. The van der Waals surface area contributed by atoms with Gasteiger partial charge in [-0.15, -0.1) is 0 Å². The van der Waals surface area contributed by atoms with Crippen LogP contribution in [0.3, 0.4) is 0 Å². The van der Waals surface area contributed by atoms with Crippen LogP contribution in [0.5, 0.6) is 0 Å². The van der Waals surface area contributed by atoms with E-state index in [1.807, 2.05) is 20.9 Å². The predicted octanol–water partition coefficient (Wildman–Crippen LogP) is 1.56. The van der Waals surface area contributed by atoms with Gasteiger partial charge in [0, 0.05) is 36.9 Å². The lowest BCUT2D eigenvalue weighted by molar-refractivity contribution is -0.168. The van der Waals surface area contributed by atoms with E-state index in [0.717, 1.165) is 17.0 Å². The molecular formula is C17H24N2O5. The van der Waals surface area contributed by atoms with Crippen molar-refractivity contribution in [1.29, 1.82) is 0 Å². The lowest BCUT2D eigenvalue weighted by Gasteiger charge is -2.20. The number of carbonyl (C=O) groups is 2. The number of aromatic nitrogens is 2. The summed E-state index contributed by atoms with van der Waals surface area (Å²) in [6, 6.07) is 0. The van der Waals surface area contributed by atoms with Crippen molar-refractivity contribution in [2.24, 2.45) is 13.0 Å². The van der Waals surface area contributed by atoms with Crippen molar-refractivity contribution in [3.05, 3.63) is 23.0 Å². The molecule has 0 aliphatic carbocycles. The smallest absolute Gasteiger partial charge is 0.347 e. The fourth-order valence-electron chi connectivity index (χ4n) is 2.70. The average Bonchev–Trinajstić information content (AvgIpc) is 3.13. The van der Waals surface area contributed by atoms with E-state index in [-0.39, 0.29) is 12.5 Å². The summed E-state index contributed by atoms with van der Waals surface area (Å²) in [5.41, 5.74) is 2.64. The fraction of sp³-hybridized carbons (Fsp3) is 0.588. The van der Waals surface area contributed by atoms with Gasteiger partial charge < -0.3 is 14.2 Å². The zero-order valence-electron chi connectivity index (χ0n) is 14.6. The molecule has 7 heteroatoms. The maximum absolute atomic E-state index is 12.1. The monoisotopic (exact) mass is 336 g/mol. The Morgan fingerprint density at radius 1 is 1.46 bits per heavy atom. The van der Waals surface area contributed by atoms with E-state index in [4.69, 9.17) is 14.2 Å². The van der Waals surface area contributed by atoms with Gasteiger partial charge >= 0.3 is 11.9 Å². The number of aryl methyl sites for hydroxylation is 2. The van der Waals surface area contributed by atoms with Crippen molar-refractivity contribution in [1.82, 2.24) is 9.78 Å². The summed E-state index contributed by atoms with van der Waals surface area (Å²) >= 11 is 0. The van der Waals surface area contributed by atoms with Crippen LogP contribution in [0.25, 0.3) is 6.08 Å². The minimum Gasteiger partial charge on any atom is -0.463 e. The van der Waals surface area contributed by atoms with Crippen LogP contribution in [0.1, 0.15) is 30.3 Å². The standard InChI is InChI=1S/C17H24N2O5/c1-5-23-17(21)16(13-8-9-22-10-13)24-15(20)7-6-14-11(2)18-19(4)12(14)3/h6-7,13,16H,5,8-10H2,1-4H3/b7-6+. The highest BCUT2D eigenvalue weighted by atomic mass is 16.6. The Hall–Kier alpha value is -2.15. The molecule has 1 aromatic heterocycles. The Bertz CT molecular complexity index is 629.